The standard InChI is InChI=1S/2C24H52NO3Si.H2O4S/c2*1-5-9-10-11-12-13-14-15-16-17-20-25(21-18-19-22-25)23-24-29(26-6-2,27-7-3)28-8-4;1-5(2,3)4/h2*5-24H2,1-4H3;(H2,1,2,3,4)/q2*+1;/p-2. The molecule has 0 aromatic heterocycles. The first kappa shape index (κ1) is 63.0. The fourth-order valence-corrected chi connectivity index (χ4v) is 15.3. The molecule has 2 rings (SSSR count). The molecule has 0 bridgehead atoms. The Balaban J connectivity index is 0.00000110. The Bertz CT molecular complexity index is 1000. The molecule has 63 heavy (non-hydrogen) atoms. The van der Waals surface area contributed by atoms with Gasteiger partial charge in [0.15, 0.2) is 0 Å². The summed E-state index contributed by atoms with van der Waals surface area (Å²) in [4.78, 5) is 0. The Kier molecular flexibility index (Phi) is 39.9. The molecule has 12 nitrogen and oxygen atoms in total. The third-order valence-corrected chi connectivity index (χ3v) is 19.0. The van der Waals surface area contributed by atoms with Gasteiger partial charge >= 0.3 is 17.6 Å². The molecule has 2 heterocycles. The Morgan fingerprint density at radius 2 is 0.571 bits per heavy atom. The van der Waals surface area contributed by atoms with Gasteiger partial charge in [-0.1, -0.05) is 117 Å². The van der Waals surface area contributed by atoms with Crippen LogP contribution in [0.3, 0.4) is 0 Å². The summed E-state index contributed by atoms with van der Waals surface area (Å²) in [7, 11) is -10.2. The van der Waals surface area contributed by atoms with E-state index in [1.807, 2.05) is 0 Å². The van der Waals surface area contributed by atoms with E-state index in [2.05, 4.69) is 55.4 Å². The van der Waals surface area contributed by atoms with Crippen LogP contribution in [0.5, 0.6) is 0 Å². The van der Waals surface area contributed by atoms with Crippen LogP contribution in [0.1, 0.15) is 209 Å². The molecule has 380 valence electrons. The normalized spacial score (nSPS) is 16.2. The van der Waals surface area contributed by atoms with Gasteiger partial charge in [-0.25, -0.2) is 0 Å². The van der Waals surface area contributed by atoms with Gasteiger partial charge in [0.05, 0.1) is 64.4 Å². The van der Waals surface area contributed by atoms with E-state index in [4.69, 9.17) is 44.1 Å². The van der Waals surface area contributed by atoms with Crippen LogP contribution in [0, 0.1) is 0 Å². The lowest BCUT2D eigenvalue weighted by Gasteiger charge is -2.37. The number of unbranched alkanes of at least 4 members (excludes halogenated alkanes) is 18. The van der Waals surface area contributed by atoms with Gasteiger partial charge < -0.3 is 44.6 Å². The Morgan fingerprint density at radius 1 is 0.365 bits per heavy atom. The van der Waals surface area contributed by atoms with Crippen molar-refractivity contribution in [2.45, 2.75) is 222 Å². The molecule has 2 aliphatic heterocycles. The molecule has 2 saturated heterocycles. The second-order valence-corrected chi connectivity index (χ2v) is 24.4. The third kappa shape index (κ3) is 33.2. The minimum Gasteiger partial charge on any atom is -0.759 e. The quantitative estimate of drug-likeness (QED) is 0.0192. The number of nitrogens with zero attached hydrogens (tertiary/aromatic N) is 2. The number of likely N-dealkylation sites (tertiary alicyclic amines) is 2. The van der Waals surface area contributed by atoms with Gasteiger partial charge in [-0.15, -0.1) is 0 Å². The van der Waals surface area contributed by atoms with Crippen molar-refractivity contribution < 1.29 is 53.0 Å². The first-order valence-corrected chi connectivity index (χ1v) is 31.7. The summed E-state index contributed by atoms with van der Waals surface area (Å²) in [6.45, 7) is 31.4. The van der Waals surface area contributed by atoms with Crippen LogP contribution in [-0.2, 0) is 37.0 Å². The van der Waals surface area contributed by atoms with Crippen molar-refractivity contribution in [1.29, 1.82) is 0 Å². The molecule has 0 spiro atoms. The van der Waals surface area contributed by atoms with Crippen molar-refractivity contribution in [3.05, 3.63) is 0 Å². The molecular formula is C48H104N2O10SSi2. The van der Waals surface area contributed by atoms with Crippen LogP contribution in [0.4, 0.5) is 0 Å². The number of hydrogen-bond acceptors (Lipinski definition) is 10. The van der Waals surface area contributed by atoms with E-state index >= 15 is 0 Å². The lowest BCUT2D eigenvalue weighted by Crippen LogP contribution is -2.53. The number of hydrogen-bond donors (Lipinski definition) is 0. The van der Waals surface area contributed by atoms with Gasteiger partial charge in [0.25, 0.3) is 0 Å². The number of quaternary nitrogens is 2. The smallest absolute Gasteiger partial charge is 0.506 e. The van der Waals surface area contributed by atoms with Crippen LogP contribution in [0.2, 0.25) is 12.1 Å². The van der Waals surface area contributed by atoms with Crippen LogP contribution in [-0.4, -0.2) is 136 Å². The average Bonchev–Trinajstić information content (AvgIpc) is 3.92. The highest BCUT2D eigenvalue weighted by atomic mass is 32.3. The van der Waals surface area contributed by atoms with Gasteiger partial charge in [0.2, 0.25) is 0 Å². The zero-order valence-electron chi connectivity index (χ0n) is 42.7. The maximum atomic E-state index is 8.52. The van der Waals surface area contributed by atoms with Crippen molar-refractivity contribution in [3.8, 4) is 0 Å². The zero-order valence-corrected chi connectivity index (χ0v) is 45.5. The van der Waals surface area contributed by atoms with E-state index < -0.39 is 28.0 Å². The molecule has 2 aliphatic rings. The lowest BCUT2D eigenvalue weighted by molar-refractivity contribution is -0.915. The summed E-state index contributed by atoms with van der Waals surface area (Å²) in [6, 6.07) is 1.94. The van der Waals surface area contributed by atoms with Gasteiger partial charge in [0.1, 0.15) is 0 Å². The second-order valence-electron chi connectivity index (χ2n) is 18.1. The number of rotatable bonds is 40. The fraction of sp³-hybridized carbons (Fsp3) is 1.00. The molecule has 0 aromatic rings. The predicted molar refractivity (Wildman–Crippen MR) is 263 cm³/mol. The second kappa shape index (κ2) is 39.9. The highest BCUT2D eigenvalue weighted by Gasteiger charge is 2.45. The minimum atomic E-state index is -5.17. The summed E-state index contributed by atoms with van der Waals surface area (Å²) in [5.41, 5.74) is 0. The molecule has 0 radical (unpaired) electrons. The summed E-state index contributed by atoms with van der Waals surface area (Å²) in [6.07, 6.45) is 33.8. The molecule has 15 heteroatoms. The topological polar surface area (TPSA) is 136 Å². The van der Waals surface area contributed by atoms with E-state index in [1.54, 1.807) is 0 Å². The molecule has 0 unspecified atom stereocenters. The van der Waals surface area contributed by atoms with E-state index in [0.717, 1.165) is 12.1 Å². The van der Waals surface area contributed by atoms with Gasteiger partial charge in [0, 0.05) is 75.7 Å². The Hall–Kier alpha value is -0.0162. The highest BCUT2D eigenvalue weighted by Crippen LogP contribution is 2.28. The molecule has 0 atom stereocenters. The highest BCUT2D eigenvalue weighted by molar-refractivity contribution is 7.79. The summed E-state index contributed by atoms with van der Waals surface area (Å²) < 4.78 is 73.3. The first-order valence-electron chi connectivity index (χ1n) is 26.5. The minimum absolute atomic E-state index is 0.685. The average molecular weight is 958 g/mol. The first-order chi connectivity index (χ1) is 30.3. The molecule has 0 aromatic carbocycles. The van der Waals surface area contributed by atoms with Crippen LogP contribution in [0.15, 0.2) is 0 Å². The SMILES string of the molecule is CCCCCCCCCCCC[N+]1(CC[Si](OCC)(OCC)OCC)CCCC1.CCCCCCCCCCCC[N+]1(CC[Si](OCC)(OCC)OCC)CCCC1.O=S(=O)([O-])[O-]. The van der Waals surface area contributed by atoms with E-state index in [9.17, 15) is 0 Å². The van der Waals surface area contributed by atoms with Crippen molar-refractivity contribution >= 4 is 28.0 Å². The van der Waals surface area contributed by atoms with Crippen molar-refractivity contribution in [2.24, 2.45) is 0 Å². The van der Waals surface area contributed by atoms with Crippen LogP contribution < -0.4 is 0 Å². The molecule has 0 N–H and O–H groups in total. The summed E-state index contributed by atoms with van der Waals surface area (Å²) in [5.74, 6) is 0. The lowest BCUT2D eigenvalue weighted by atomic mass is 10.1. The molecule has 0 amide bonds. The van der Waals surface area contributed by atoms with Crippen molar-refractivity contribution in [3.63, 3.8) is 0 Å². The summed E-state index contributed by atoms with van der Waals surface area (Å²) in [5, 5.41) is 0. The Labute approximate surface area is 393 Å². The largest absolute Gasteiger partial charge is 0.759 e. The van der Waals surface area contributed by atoms with Crippen LogP contribution >= 0.6 is 0 Å². The Morgan fingerprint density at radius 3 is 0.778 bits per heavy atom. The predicted octanol–water partition coefficient (Wildman–Crippen LogP) is 11.8. The van der Waals surface area contributed by atoms with Gasteiger partial charge in [-0.3, -0.25) is 8.42 Å². The zero-order chi connectivity index (χ0) is 47.0. The van der Waals surface area contributed by atoms with E-state index in [-0.39, 0.29) is 0 Å². The van der Waals surface area contributed by atoms with Crippen molar-refractivity contribution in [2.75, 3.05) is 92.0 Å². The van der Waals surface area contributed by atoms with Crippen molar-refractivity contribution in [1.82, 2.24) is 0 Å². The molecular weight excluding hydrogens is 853 g/mol. The monoisotopic (exact) mass is 957 g/mol. The molecule has 2 fully saturated rings. The maximum Gasteiger partial charge on any atom is 0.506 e. The maximum absolute atomic E-state index is 8.52. The summed E-state index contributed by atoms with van der Waals surface area (Å²) >= 11 is 0. The van der Waals surface area contributed by atoms with Crippen LogP contribution in [0.25, 0.3) is 0 Å². The molecule has 0 saturated carbocycles. The molecule has 0 aliphatic carbocycles. The fourth-order valence-electron chi connectivity index (χ4n) is 9.75. The third-order valence-electron chi connectivity index (χ3n) is 13.0. The van der Waals surface area contributed by atoms with E-state index in [1.165, 1.54) is 215 Å². The van der Waals surface area contributed by atoms with Gasteiger partial charge in [-0.2, -0.15) is 0 Å². The van der Waals surface area contributed by atoms with E-state index in [0.29, 0.717) is 39.6 Å². The van der Waals surface area contributed by atoms with Gasteiger partial charge in [-0.05, 0) is 67.2 Å².